The fourth-order valence-electron chi connectivity index (χ4n) is 7.64. The van der Waals surface area contributed by atoms with E-state index < -0.39 is 29.0 Å². The van der Waals surface area contributed by atoms with Crippen molar-refractivity contribution in [1.82, 2.24) is 0 Å². The zero-order valence-corrected chi connectivity index (χ0v) is 17.2. The standard InChI is InChI=1S/C23H28O5/c1-10(2)23-12(24)9-11(3)14(23)13-15(19(23)26)22-8-6-7-21(4,5)18(22)17(16(13)25)28-20(22)27/h9-10,14,16-18,25H,6-8H2,1-5H3/t14-,16-,17+,18+,22+,23-/m1/s1. The van der Waals surface area contributed by atoms with Crippen LogP contribution in [-0.4, -0.2) is 34.9 Å². The van der Waals surface area contributed by atoms with Gasteiger partial charge in [0.1, 0.15) is 23.0 Å². The van der Waals surface area contributed by atoms with Crippen molar-refractivity contribution in [2.45, 2.75) is 66.1 Å². The van der Waals surface area contributed by atoms with Gasteiger partial charge >= 0.3 is 5.97 Å². The molecule has 5 heteroatoms. The number of hydrogen-bond donors (Lipinski definition) is 1. The minimum absolute atomic E-state index is 0.177. The van der Waals surface area contributed by atoms with Crippen molar-refractivity contribution in [1.29, 1.82) is 0 Å². The van der Waals surface area contributed by atoms with Crippen LogP contribution < -0.4 is 0 Å². The van der Waals surface area contributed by atoms with Crippen LogP contribution in [0.15, 0.2) is 22.8 Å². The first-order valence-electron chi connectivity index (χ1n) is 10.4. The van der Waals surface area contributed by atoms with Crippen LogP contribution in [-0.2, 0) is 19.1 Å². The van der Waals surface area contributed by atoms with Crippen LogP contribution in [0.3, 0.4) is 0 Å². The first-order valence-corrected chi connectivity index (χ1v) is 10.4. The smallest absolute Gasteiger partial charge is 0.317 e. The second-order valence-electron chi connectivity index (χ2n) is 10.5. The summed E-state index contributed by atoms with van der Waals surface area (Å²) < 4.78 is 5.77. The Morgan fingerprint density at radius 3 is 2.50 bits per heavy atom. The third-order valence-corrected chi connectivity index (χ3v) is 8.57. The lowest BCUT2D eigenvalue weighted by atomic mass is 9.49. The SMILES string of the molecule is CC1=CC(=O)[C@@]2(C(C)C)C(=O)C3=C([C@@H]12)[C@@H](O)[C@@H]1OC(=O)[C@@]32CCCC(C)(C)[C@H]12. The van der Waals surface area contributed by atoms with Gasteiger partial charge in [0.2, 0.25) is 0 Å². The maximum absolute atomic E-state index is 14.0. The number of ether oxygens (including phenoxy) is 1. The third kappa shape index (κ3) is 1.61. The van der Waals surface area contributed by atoms with Gasteiger partial charge in [-0.05, 0) is 42.7 Å². The summed E-state index contributed by atoms with van der Waals surface area (Å²) in [6.45, 7) is 9.87. The molecule has 2 bridgehead atoms. The van der Waals surface area contributed by atoms with E-state index in [-0.39, 0.29) is 34.8 Å². The van der Waals surface area contributed by atoms with E-state index in [2.05, 4.69) is 13.8 Å². The lowest BCUT2D eigenvalue weighted by Crippen LogP contribution is -2.55. The number of allylic oxidation sites excluding steroid dienone is 2. The molecule has 150 valence electrons. The van der Waals surface area contributed by atoms with Gasteiger partial charge in [0.25, 0.3) is 0 Å². The van der Waals surface area contributed by atoms with Crippen LogP contribution in [0, 0.1) is 34.0 Å². The molecule has 0 amide bonds. The van der Waals surface area contributed by atoms with Gasteiger partial charge in [-0.1, -0.05) is 39.7 Å². The molecule has 1 saturated heterocycles. The Morgan fingerprint density at radius 2 is 1.86 bits per heavy atom. The summed E-state index contributed by atoms with van der Waals surface area (Å²) in [7, 11) is 0. The van der Waals surface area contributed by atoms with E-state index in [1.807, 2.05) is 20.8 Å². The minimum atomic E-state index is -1.21. The van der Waals surface area contributed by atoms with Gasteiger partial charge in [-0.15, -0.1) is 0 Å². The normalized spacial score (nSPS) is 45.8. The highest BCUT2D eigenvalue weighted by Crippen LogP contribution is 2.71. The van der Waals surface area contributed by atoms with Gasteiger partial charge in [0.05, 0.1) is 0 Å². The van der Waals surface area contributed by atoms with Crippen LogP contribution in [0.25, 0.3) is 0 Å². The number of rotatable bonds is 1. The fourth-order valence-corrected chi connectivity index (χ4v) is 7.64. The van der Waals surface area contributed by atoms with Crippen LogP contribution >= 0.6 is 0 Å². The number of fused-ring (bicyclic) bond motifs is 2. The number of esters is 1. The van der Waals surface area contributed by atoms with E-state index >= 15 is 0 Å². The van der Waals surface area contributed by atoms with Gasteiger partial charge in [-0.25, -0.2) is 0 Å². The van der Waals surface area contributed by atoms with Gasteiger partial charge in [-0.2, -0.15) is 0 Å². The highest BCUT2D eigenvalue weighted by atomic mass is 16.6. The van der Waals surface area contributed by atoms with Crippen molar-refractivity contribution in [3.63, 3.8) is 0 Å². The summed E-state index contributed by atoms with van der Waals surface area (Å²) in [5.41, 5.74) is -0.606. The second kappa shape index (κ2) is 5.05. The Balaban J connectivity index is 1.83. The molecule has 0 aromatic rings. The molecule has 5 nitrogen and oxygen atoms in total. The molecule has 0 unspecified atom stereocenters. The van der Waals surface area contributed by atoms with Gasteiger partial charge in [0, 0.05) is 17.4 Å². The molecule has 5 rings (SSSR count). The van der Waals surface area contributed by atoms with Crippen LogP contribution in [0.1, 0.15) is 53.9 Å². The summed E-state index contributed by atoms with van der Waals surface area (Å²) >= 11 is 0. The van der Waals surface area contributed by atoms with Crippen molar-refractivity contribution in [3.05, 3.63) is 22.8 Å². The maximum atomic E-state index is 14.0. The molecule has 1 N–H and O–H groups in total. The molecule has 28 heavy (non-hydrogen) atoms. The molecule has 1 saturated carbocycles. The molecule has 0 radical (unpaired) electrons. The molecule has 1 aliphatic heterocycles. The Hall–Kier alpha value is -1.75. The summed E-state index contributed by atoms with van der Waals surface area (Å²) in [6.07, 6.45) is 2.21. The number of aliphatic hydroxyl groups excluding tert-OH is 1. The number of aliphatic hydroxyl groups is 1. The third-order valence-electron chi connectivity index (χ3n) is 8.57. The predicted octanol–water partition coefficient (Wildman–Crippen LogP) is 2.77. The largest absolute Gasteiger partial charge is 0.458 e. The molecule has 1 heterocycles. The summed E-state index contributed by atoms with van der Waals surface area (Å²) in [4.78, 5) is 40.5. The van der Waals surface area contributed by atoms with Gasteiger partial charge in [0.15, 0.2) is 11.6 Å². The summed E-state index contributed by atoms with van der Waals surface area (Å²) in [5.74, 6) is -1.69. The van der Waals surface area contributed by atoms with E-state index in [4.69, 9.17) is 4.74 Å². The quantitative estimate of drug-likeness (QED) is 0.555. The van der Waals surface area contributed by atoms with Crippen LogP contribution in [0.5, 0.6) is 0 Å². The molecule has 6 atom stereocenters. The Kier molecular flexibility index (Phi) is 3.30. The molecule has 5 aliphatic rings. The Labute approximate surface area is 165 Å². The monoisotopic (exact) mass is 384 g/mol. The maximum Gasteiger partial charge on any atom is 0.317 e. The van der Waals surface area contributed by atoms with Crippen LogP contribution in [0.4, 0.5) is 0 Å². The zero-order valence-electron chi connectivity index (χ0n) is 17.2. The lowest BCUT2D eigenvalue weighted by molar-refractivity contribution is -0.151. The van der Waals surface area contributed by atoms with Crippen molar-refractivity contribution < 1.29 is 24.2 Å². The Morgan fingerprint density at radius 1 is 1.18 bits per heavy atom. The number of carbonyl (C=O) groups is 3. The van der Waals surface area contributed by atoms with Crippen molar-refractivity contribution in [3.8, 4) is 0 Å². The van der Waals surface area contributed by atoms with Crippen LogP contribution in [0.2, 0.25) is 0 Å². The number of carbonyl (C=O) groups excluding carboxylic acids is 3. The highest BCUT2D eigenvalue weighted by Gasteiger charge is 2.77. The zero-order chi connectivity index (χ0) is 20.4. The second-order valence-corrected chi connectivity index (χ2v) is 10.5. The van der Waals surface area contributed by atoms with Gasteiger partial charge in [-0.3, -0.25) is 14.4 Å². The molecule has 4 aliphatic carbocycles. The van der Waals surface area contributed by atoms with Gasteiger partial charge < -0.3 is 9.84 Å². The summed E-state index contributed by atoms with van der Waals surface area (Å²) in [6, 6.07) is 0. The van der Waals surface area contributed by atoms with Crippen molar-refractivity contribution in [2.75, 3.05) is 0 Å². The lowest BCUT2D eigenvalue weighted by Gasteiger charge is -2.51. The van der Waals surface area contributed by atoms with E-state index in [0.717, 1.165) is 18.4 Å². The first kappa shape index (κ1) is 18.3. The molecule has 2 fully saturated rings. The van der Waals surface area contributed by atoms with E-state index in [1.165, 1.54) is 0 Å². The number of hydrogen-bond acceptors (Lipinski definition) is 5. The first-order chi connectivity index (χ1) is 13.0. The number of Topliss-reactive ketones (excluding diaryl/α,β-unsaturated/α-hetero) is 1. The molecule has 0 spiro atoms. The average molecular weight is 384 g/mol. The molecular weight excluding hydrogens is 356 g/mol. The fraction of sp³-hybridized carbons (Fsp3) is 0.696. The molecular formula is C23H28O5. The predicted molar refractivity (Wildman–Crippen MR) is 101 cm³/mol. The van der Waals surface area contributed by atoms with Crippen molar-refractivity contribution >= 4 is 17.5 Å². The number of ketones is 2. The molecule has 0 aromatic carbocycles. The highest BCUT2D eigenvalue weighted by molar-refractivity contribution is 6.25. The minimum Gasteiger partial charge on any atom is -0.458 e. The van der Waals surface area contributed by atoms with E-state index in [1.54, 1.807) is 6.08 Å². The topological polar surface area (TPSA) is 80.7 Å². The average Bonchev–Trinajstić information content (AvgIpc) is 3.13. The molecule has 0 aromatic heterocycles. The summed E-state index contributed by atoms with van der Waals surface area (Å²) in [5, 5.41) is 11.4. The van der Waals surface area contributed by atoms with Crippen molar-refractivity contribution in [2.24, 2.45) is 34.0 Å². The van der Waals surface area contributed by atoms with E-state index in [9.17, 15) is 19.5 Å². The Bertz CT molecular complexity index is 906. The van der Waals surface area contributed by atoms with E-state index in [0.29, 0.717) is 17.6 Å².